The van der Waals surface area contributed by atoms with Crippen LogP contribution in [0.4, 0.5) is 8.78 Å². The summed E-state index contributed by atoms with van der Waals surface area (Å²) in [6.45, 7) is 2.58. The van der Waals surface area contributed by atoms with Crippen molar-refractivity contribution >= 4 is 5.91 Å². The molecule has 0 aromatic heterocycles. The number of halogens is 2. The number of aromatic hydroxyl groups is 1. The van der Waals surface area contributed by atoms with Crippen LogP contribution in [0.2, 0.25) is 0 Å². The third kappa shape index (κ3) is 2.57. The van der Waals surface area contributed by atoms with Gasteiger partial charge in [-0.15, -0.1) is 0 Å². The van der Waals surface area contributed by atoms with Crippen LogP contribution < -0.4 is 0 Å². The molecular weight excluding hydrogens is 316 g/mol. The third-order valence-corrected chi connectivity index (χ3v) is 5.68. The first-order valence-corrected chi connectivity index (χ1v) is 8.47. The van der Waals surface area contributed by atoms with Crippen LogP contribution >= 0.6 is 0 Å². The number of phenolic OH excluding ortho intramolecular Hbond substituents is 1. The fourth-order valence-electron chi connectivity index (χ4n) is 4.48. The van der Waals surface area contributed by atoms with Gasteiger partial charge in [0.15, 0.2) is 0 Å². The number of benzene rings is 1. The molecule has 0 heterocycles. The molecule has 1 spiro atoms. The van der Waals surface area contributed by atoms with Gasteiger partial charge in [0.25, 0.3) is 5.91 Å². The Morgan fingerprint density at radius 2 is 2.04 bits per heavy atom. The predicted octanol–water partition coefficient (Wildman–Crippen LogP) is 3.48. The highest BCUT2D eigenvalue weighted by Gasteiger charge is 2.59. The molecule has 2 aliphatic carbocycles. The van der Waals surface area contributed by atoms with E-state index >= 15 is 0 Å². The van der Waals surface area contributed by atoms with E-state index in [-0.39, 0.29) is 17.6 Å². The summed E-state index contributed by atoms with van der Waals surface area (Å²) in [4.78, 5) is 14.2. The molecule has 4 nitrogen and oxygen atoms in total. The van der Waals surface area contributed by atoms with Gasteiger partial charge in [0.1, 0.15) is 22.9 Å². The van der Waals surface area contributed by atoms with Gasteiger partial charge < -0.3 is 14.7 Å². The maximum absolute atomic E-state index is 14.0. The van der Waals surface area contributed by atoms with E-state index in [2.05, 4.69) is 0 Å². The lowest BCUT2D eigenvalue weighted by Crippen LogP contribution is -2.64. The summed E-state index contributed by atoms with van der Waals surface area (Å²) < 4.78 is 33.0. The van der Waals surface area contributed by atoms with Crippen molar-refractivity contribution in [1.29, 1.82) is 0 Å². The standard InChI is InChI=1S/C18H23F2NO3/c1-3-24-15-10-14(18(15)6-4-5-7-18)21(2)17(23)16-12(20)8-11(19)9-13(16)22/h8-9,14-15,22H,3-7,10H2,1-2H3. The highest BCUT2D eigenvalue weighted by atomic mass is 19.1. The second-order valence-electron chi connectivity index (χ2n) is 6.83. The molecule has 0 aliphatic heterocycles. The van der Waals surface area contributed by atoms with Crippen molar-refractivity contribution in [3.05, 3.63) is 29.3 Å². The second kappa shape index (κ2) is 6.31. The average molecular weight is 339 g/mol. The quantitative estimate of drug-likeness (QED) is 0.914. The molecule has 0 radical (unpaired) electrons. The van der Waals surface area contributed by atoms with E-state index in [0.29, 0.717) is 19.1 Å². The minimum absolute atomic E-state index is 0.0482. The van der Waals surface area contributed by atoms with Gasteiger partial charge in [0, 0.05) is 37.2 Å². The Hall–Kier alpha value is -1.69. The Balaban J connectivity index is 1.84. The number of hydrogen-bond acceptors (Lipinski definition) is 3. The Labute approximate surface area is 140 Å². The van der Waals surface area contributed by atoms with Crippen LogP contribution in [0, 0.1) is 17.0 Å². The summed E-state index contributed by atoms with van der Waals surface area (Å²) in [5.41, 5.74) is -0.543. The highest BCUT2D eigenvalue weighted by molar-refractivity contribution is 5.97. The second-order valence-corrected chi connectivity index (χ2v) is 6.83. The van der Waals surface area contributed by atoms with E-state index in [9.17, 15) is 18.7 Å². The molecule has 1 amide bonds. The number of rotatable bonds is 4. The summed E-state index contributed by atoms with van der Waals surface area (Å²) in [5, 5.41) is 9.80. The molecule has 6 heteroatoms. The first-order valence-electron chi connectivity index (χ1n) is 8.47. The van der Waals surface area contributed by atoms with Crippen LogP contribution in [-0.2, 0) is 4.74 Å². The molecule has 2 saturated carbocycles. The minimum atomic E-state index is -1.04. The van der Waals surface area contributed by atoms with Crippen molar-refractivity contribution in [2.45, 2.75) is 51.2 Å². The molecule has 2 aliphatic rings. The molecule has 2 fully saturated rings. The average Bonchev–Trinajstić information content (AvgIpc) is 3.02. The van der Waals surface area contributed by atoms with Gasteiger partial charge in [-0.25, -0.2) is 8.78 Å². The summed E-state index contributed by atoms with van der Waals surface area (Å²) in [6.07, 6.45) is 4.99. The predicted molar refractivity (Wildman–Crippen MR) is 84.8 cm³/mol. The Kier molecular flexibility index (Phi) is 4.51. The van der Waals surface area contributed by atoms with E-state index in [1.807, 2.05) is 6.92 Å². The van der Waals surface area contributed by atoms with Gasteiger partial charge in [-0.05, 0) is 26.2 Å². The number of carbonyl (C=O) groups excluding carboxylic acids is 1. The van der Waals surface area contributed by atoms with Crippen molar-refractivity contribution in [3.8, 4) is 5.75 Å². The zero-order valence-corrected chi connectivity index (χ0v) is 14.0. The van der Waals surface area contributed by atoms with Gasteiger partial charge in [-0.1, -0.05) is 12.8 Å². The Bertz CT molecular complexity index is 620. The van der Waals surface area contributed by atoms with Crippen molar-refractivity contribution in [2.24, 2.45) is 5.41 Å². The summed E-state index contributed by atoms with van der Waals surface area (Å²) in [7, 11) is 1.62. The topological polar surface area (TPSA) is 49.8 Å². The lowest BCUT2D eigenvalue weighted by atomic mass is 9.60. The monoisotopic (exact) mass is 339 g/mol. The van der Waals surface area contributed by atoms with E-state index < -0.39 is 28.9 Å². The zero-order chi connectivity index (χ0) is 17.5. The number of carbonyl (C=O) groups is 1. The van der Waals surface area contributed by atoms with Gasteiger partial charge in [-0.3, -0.25) is 4.79 Å². The molecule has 2 unspecified atom stereocenters. The van der Waals surface area contributed by atoms with Gasteiger partial charge >= 0.3 is 0 Å². The smallest absolute Gasteiger partial charge is 0.260 e. The fraction of sp³-hybridized carbons (Fsp3) is 0.611. The van der Waals surface area contributed by atoms with E-state index in [1.54, 1.807) is 7.05 Å². The molecular formula is C18H23F2NO3. The van der Waals surface area contributed by atoms with Crippen LogP contribution in [0.1, 0.15) is 49.4 Å². The fourth-order valence-corrected chi connectivity index (χ4v) is 4.48. The van der Waals surface area contributed by atoms with Crippen LogP contribution in [-0.4, -0.2) is 41.7 Å². The van der Waals surface area contributed by atoms with Gasteiger partial charge in [-0.2, -0.15) is 0 Å². The lowest BCUT2D eigenvalue weighted by molar-refractivity contribution is -0.152. The van der Waals surface area contributed by atoms with Gasteiger partial charge in [0.05, 0.1) is 6.10 Å². The Morgan fingerprint density at radius 3 is 2.62 bits per heavy atom. The SMILES string of the molecule is CCOC1CC(N(C)C(=O)c2c(O)cc(F)cc2F)C12CCCC2. The molecule has 1 N–H and O–H groups in total. The Morgan fingerprint density at radius 1 is 1.38 bits per heavy atom. The number of amides is 1. The molecule has 1 aromatic rings. The number of phenols is 1. The van der Waals surface area contributed by atoms with E-state index in [4.69, 9.17) is 4.74 Å². The lowest BCUT2D eigenvalue weighted by Gasteiger charge is -2.57. The van der Waals surface area contributed by atoms with Crippen molar-refractivity contribution in [2.75, 3.05) is 13.7 Å². The third-order valence-electron chi connectivity index (χ3n) is 5.68. The maximum atomic E-state index is 14.0. The summed E-state index contributed by atoms with van der Waals surface area (Å²) >= 11 is 0. The molecule has 2 atom stereocenters. The number of nitrogens with zero attached hydrogens (tertiary/aromatic N) is 1. The molecule has 0 bridgehead atoms. The van der Waals surface area contributed by atoms with Crippen LogP contribution in [0.15, 0.2) is 12.1 Å². The van der Waals surface area contributed by atoms with Crippen LogP contribution in [0.3, 0.4) is 0 Å². The first kappa shape index (κ1) is 17.1. The molecule has 1 aromatic carbocycles. The van der Waals surface area contributed by atoms with Crippen molar-refractivity contribution < 1.29 is 23.4 Å². The van der Waals surface area contributed by atoms with Crippen LogP contribution in [0.25, 0.3) is 0 Å². The van der Waals surface area contributed by atoms with Crippen LogP contribution in [0.5, 0.6) is 5.75 Å². The number of ether oxygens (including phenoxy) is 1. The van der Waals surface area contributed by atoms with Crippen molar-refractivity contribution in [3.63, 3.8) is 0 Å². The molecule has 3 rings (SSSR count). The largest absolute Gasteiger partial charge is 0.507 e. The maximum Gasteiger partial charge on any atom is 0.260 e. The zero-order valence-electron chi connectivity index (χ0n) is 14.0. The molecule has 132 valence electrons. The first-order chi connectivity index (χ1) is 11.4. The number of hydrogen-bond donors (Lipinski definition) is 1. The molecule has 24 heavy (non-hydrogen) atoms. The highest BCUT2D eigenvalue weighted by Crippen LogP contribution is 2.56. The van der Waals surface area contributed by atoms with E-state index in [1.165, 1.54) is 4.90 Å². The minimum Gasteiger partial charge on any atom is -0.507 e. The molecule has 0 saturated heterocycles. The van der Waals surface area contributed by atoms with Crippen molar-refractivity contribution in [1.82, 2.24) is 4.90 Å². The normalized spacial score (nSPS) is 24.8. The van der Waals surface area contributed by atoms with Gasteiger partial charge in [0.2, 0.25) is 0 Å². The van der Waals surface area contributed by atoms with E-state index in [0.717, 1.165) is 31.7 Å². The summed E-state index contributed by atoms with van der Waals surface area (Å²) in [6, 6.07) is 1.34. The summed E-state index contributed by atoms with van der Waals surface area (Å²) in [5.74, 6) is -3.22.